The van der Waals surface area contributed by atoms with Gasteiger partial charge in [-0.2, -0.15) is 5.26 Å². The van der Waals surface area contributed by atoms with E-state index in [9.17, 15) is 25.0 Å². The highest BCUT2D eigenvalue weighted by molar-refractivity contribution is 9.10. The van der Waals surface area contributed by atoms with Crippen LogP contribution in [-0.2, 0) is 4.79 Å². The van der Waals surface area contributed by atoms with Crippen molar-refractivity contribution in [2.45, 2.75) is 0 Å². The summed E-state index contributed by atoms with van der Waals surface area (Å²) in [6.45, 7) is 0. The van der Waals surface area contributed by atoms with Crippen LogP contribution in [0.3, 0.4) is 0 Å². The fourth-order valence-corrected chi connectivity index (χ4v) is 3.38. The number of nitrogens with zero attached hydrogens (tertiary/aromatic N) is 2. The molecule has 0 heterocycles. The normalized spacial score (nSPS) is 10.7. The van der Waals surface area contributed by atoms with Gasteiger partial charge in [0, 0.05) is 10.0 Å². The van der Waals surface area contributed by atoms with Gasteiger partial charge in [-0.25, -0.2) is 4.79 Å². The van der Waals surface area contributed by atoms with E-state index in [1.165, 1.54) is 50.6 Å². The number of rotatable bonds is 8. The number of nitriles is 1. The van der Waals surface area contributed by atoms with Crippen LogP contribution in [-0.4, -0.2) is 31.0 Å². The second-order valence-electron chi connectivity index (χ2n) is 7.06. The van der Waals surface area contributed by atoms with E-state index < -0.39 is 22.5 Å². The van der Waals surface area contributed by atoms with Crippen LogP contribution in [0.4, 0.5) is 11.4 Å². The number of nitro groups is 1. The van der Waals surface area contributed by atoms with Crippen molar-refractivity contribution < 1.29 is 28.7 Å². The standard InChI is InChI=1S/C25H18BrN3O7/c1-34-19-6-3-15(4-7-19)25(31)36-23-10-5-18(26)12-16(23)11-17(14-27)24(30)28-21-9-8-20(35-2)13-22(21)29(32)33/h3-13H,1-2H3,(H,28,30)/b17-11+. The van der Waals surface area contributed by atoms with Crippen molar-refractivity contribution in [1.82, 2.24) is 0 Å². The Morgan fingerprint density at radius 2 is 1.69 bits per heavy atom. The monoisotopic (exact) mass is 551 g/mol. The Morgan fingerprint density at radius 1 is 1.03 bits per heavy atom. The van der Waals surface area contributed by atoms with Crippen molar-refractivity contribution in [3.63, 3.8) is 0 Å². The molecule has 0 saturated heterocycles. The van der Waals surface area contributed by atoms with Gasteiger partial charge in [0.1, 0.15) is 34.6 Å². The van der Waals surface area contributed by atoms with E-state index in [2.05, 4.69) is 21.2 Å². The summed E-state index contributed by atoms with van der Waals surface area (Å²) >= 11 is 3.31. The molecule has 1 N–H and O–H groups in total. The molecule has 0 aliphatic rings. The molecular weight excluding hydrogens is 534 g/mol. The number of halogens is 1. The molecule has 0 fully saturated rings. The first-order chi connectivity index (χ1) is 17.2. The molecule has 0 saturated carbocycles. The molecule has 0 aliphatic carbocycles. The Bertz CT molecular complexity index is 1400. The molecule has 0 atom stereocenters. The zero-order valence-electron chi connectivity index (χ0n) is 19.0. The number of carbonyl (C=O) groups excluding carboxylic acids is 2. The molecule has 3 aromatic rings. The van der Waals surface area contributed by atoms with Crippen LogP contribution < -0.4 is 19.5 Å². The molecule has 0 unspecified atom stereocenters. The lowest BCUT2D eigenvalue weighted by Crippen LogP contribution is -2.15. The molecule has 11 heteroatoms. The van der Waals surface area contributed by atoms with Gasteiger partial charge in [0.15, 0.2) is 0 Å². The molecule has 0 aliphatic heterocycles. The van der Waals surface area contributed by atoms with Gasteiger partial charge in [0.2, 0.25) is 0 Å². The first-order valence-electron chi connectivity index (χ1n) is 10.2. The summed E-state index contributed by atoms with van der Waals surface area (Å²) in [6.07, 6.45) is 1.21. The second kappa shape index (κ2) is 11.6. The topological polar surface area (TPSA) is 141 Å². The first-order valence-corrected chi connectivity index (χ1v) is 11.0. The maximum atomic E-state index is 12.8. The van der Waals surface area contributed by atoms with Crippen molar-refractivity contribution in [2.75, 3.05) is 19.5 Å². The summed E-state index contributed by atoms with van der Waals surface area (Å²) < 4.78 is 16.1. The van der Waals surface area contributed by atoms with E-state index in [0.29, 0.717) is 10.2 Å². The molecule has 10 nitrogen and oxygen atoms in total. The highest BCUT2D eigenvalue weighted by atomic mass is 79.9. The lowest BCUT2D eigenvalue weighted by molar-refractivity contribution is -0.384. The van der Waals surface area contributed by atoms with Crippen LogP contribution in [0.1, 0.15) is 15.9 Å². The van der Waals surface area contributed by atoms with Crippen LogP contribution in [0.2, 0.25) is 0 Å². The molecule has 3 aromatic carbocycles. The summed E-state index contributed by atoms with van der Waals surface area (Å²) in [5.74, 6) is -0.659. The average Bonchev–Trinajstić information content (AvgIpc) is 2.88. The van der Waals surface area contributed by atoms with E-state index in [1.54, 1.807) is 30.3 Å². The highest BCUT2D eigenvalue weighted by Crippen LogP contribution is 2.30. The number of methoxy groups -OCH3 is 2. The number of amides is 1. The fourth-order valence-electron chi connectivity index (χ4n) is 3.00. The molecule has 0 spiro atoms. The third-order valence-electron chi connectivity index (χ3n) is 4.81. The van der Waals surface area contributed by atoms with Gasteiger partial charge in [-0.05, 0) is 60.7 Å². The van der Waals surface area contributed by atoms with Gasteiger partial charge < -0.3 is 19.5 Å². The van der Waals surface area contributed by atoms with Crippen molar-refractivity contribution in [2.24, 2.45) is 0 Å². The smallest absolute Gasteiger partial charge is 0.343 e. The van der Waals surface area contributed by atoms with Crippen LogP contribution in [0.25, 0.3) is 6.08 Å². The van der Waals surface area contributed by atoms with E-state index in [0.717, 1.165) is 6.07 Å². The van der Waals surface area contributed by atoms with Gasteiger partial charge in [-0.3, -0.25) is 14.9 Å². The van der Waals surface area contributed by atoms with Crippen molar-refractivity contribution >= 4 is 45.3 Å². The quantitative estimate of drug-likeness (QED) is 0.101. The van der Waals surface area contributed by atoms with E-state index in [4.69, 9.17) is 14.2 Å². The van der Waals surface area contributed by atoms with Gasteiger partial charge >= 0.3 is 5.97 Å². The van der Waals surface area contributed by atoms with E-state index >= 15 is 0 Å². The molecule has 1 amide bonds. The maximum Gasteiger partial charge on any atom is 0.343 e. The third kappa shape index (κ3) is 6.25. The highest BCUT2D eigenvalue weighted by Gasteiger charge is 2.20. The Hall–Kier alpha value is -4.69. The summed E-state index contributed by atoms with van der Waals surface area (Å²) in [4.78, 5) is 36.1. The second-order valence-corrected chi connectivity index (χ2v) is 7.98. The molecular formula is C25H18BrN3O7. The molecule has 0 radical (unpaired) electrons. The minimum atomic E-state index is -0.891. The number of benzene rings is 3. The van der Waals surface area contributed by atoms with Crippen molar-refractivity contribution in [1.29, 1.82) is 5.26 Å². The molecule has 0 aromatic heterocycles. The van der Waals surface area contributed by atoms with Crippen molar-refractivity contribution in [3.8, 4) is 23.3 Å². The summed E-state index contributed by atoms with van der Waals surface area (Å²) in [5.41, 5.74) is -0.384. The number of esters is 1. The van der Waals surface area contributed by atoms with Gasteiger partial charge in [0.25, 0.3) is 11.6 Å². The fraction of sp³-hybridized carbons (Fsp3) is 0.0800. The Kier molecular flexibility index (Phi) is 8.38. The van der Waals surface area contributed by atoms with Gasteiger partial charge in [0.05, 0.1) is 30.8 Å². The number of anilines is 1. The first kappa shape index (κ1) is 25.9. The van der Waals surface area contributed by atoms with Crippen LogP contribution in [0.15, 0.2) is 70.7 Å². The Labute approximate surface area is 214 Å². The van der Waals surface area contributed by atoms with Crippen LogP contribution >= 0.6 is 15.9 Å². The maximum absolute atomic E-state index is 12.8. The molecule has 0 bridgehead atoms. The lowest BCUT2D eigenvalue weighted by atomic mass is 10.1. The lowest BCUT2D eigenvalue weighted by Gasteiger charge is -2.10. The number of nitro benzene ring substituents is 1. The summed E-state index contributed by atoms with van der Waals surface area (Å²) in [7, 11) is 2.86. The third-order valence-corrected chi connectivity index (χ3v) is 5.31. The van der Waals surface area contributed by atoms with E-state index in [-0.39, 0.29) is 33.9 Å². The molecule has 182 valence electrons. The SMILES string of the molecule is COc1ccc(C(=O)Oc2ccc(Br)cc2/C=C(\C#N)C(=O)Nc2ccc(OC)cc2[N+](=O)[O-])cc1. The zero-order chi connectivity index (χ0) is 26.2. The Balaban J connectivity index is 1.90. The Morgan fingerprint density at radius 3 is 2.31 bits per heavy atom. The number of nitrogens with one attached hydrogen (secondary N) is 1. The minimum absolute atomic E-state index is 0.0926. The van der Waals surface area contributed by atoms with Gasteiger partial charge in [-0.1, -0.05) is 15.9 Å². The predicted octanol–water partition coefficient (Wildman–Crippen LogP) is 5.14. The van der Waals surface area contributed by atoms with Crippen molar-refractivity contribution in [3.05, 3.63) is 92.0 Å². The number of ether oxygens (including phenoxy) is 3. The molecule has 36 heavy (non-hydrogen) atoms. The number of hydrogen-bond acceptors (Lipinski definition) is 8. The van der Waals surface area contributed by atoms with E-state index in [1.807, 2.05) is 0 Å². The summed E-state index contributed by atoms with van der Waals surface area (Å²) in [6, 6.07) is 16.6. The average molecular weight is 552 g/mol. The largest absolute Gasteiger partial charge is 0.497 e. The van der Waals surface area contributed by atoms with Crippen LogP contribution in [0, 0.1) is 21.4 Å². The number of hydrogen-bond donors (Lipinski definition) is 1. The zero-order valence-corrected chi connectivity index (χ0v) is 20.6. The van der Waals surface area contributed by atoms with Crippen LogP contribution in [0.5, 0.6) is 17.2 Å². The van der Waals surface area contributed by atoms with Gasteiger partial charge in [-0.15, -0.1) is 0 Å². The summed E-state index contributed by atoms with van der Waals surface area (Å²) in [5, 5.41) is 23.4. The molecule has 3 rings (SSSR count). The predicted molar refractivity (Wildman–Crippen MR) is 134 cm³/mol. The number of carbonyl (C=O) groups is 2. The minimum Gasteiger partial charge on any atom is -0.497 e.